The van der Waals surface area contributed by atoms with Gasteiger partial charge in [-0.3, -0.25) is 4.79 Å². The van der Waals surface area contributed by atoms with E-state index in [0.717, 1.165) is 15.6 Å². The fraction of sp³-hybridized carbons (Fsp3) is 0. The van der Waals surface area contributed by atoms with Crippen molar-refractivity contribution in [1.29, 1.82) is 0 Å². The third-order valence-electron chi connectivity index (χ3n) is 2.90. The van der Waals surface area contributed by atoms with Crippen LogP contribution in [0.1, 0.15) is 11.1 Å². The largest absolute Gasteiger partial charge is 0.305 e. The van der Waals surface area contributed by atoms with Gasteiger partial charge in [0.1, 0.15) is 11.5 Å². The minimum absolute atomic E-state index is 0.177. The molecule has 0 spiro atoms. The average molecular weight is 327 g/mol. The molecule has 0 bridgehead atoms. The molecular formula is C16H11BrN2O. The molecule has 0 unspecified atom stereocenters. The number of halogens is 1. The van der Waals surface area contributed by atoms with Gasteiger partial charge in [-0.15, -0.1) is 0 Å². The zero-order chi connectivity index (χ0) is 13.9. The van der Waals surface area contributed by atoms with Crippen LogP contribution < -0.4 is 5.32 Å². The summed E-state index contributed by atoms with van der Waals surface area (Å²) in [5.74, 6) is 0.417. The number of amides is 1. The number of nitrogens with one attached hydrogen (secondary N) is 1. The van der Waals surface area contributed by atoms with E-state index in [4.69, 9.17) is 0 Å². The van der Waals surface area contributed by atoms with Crippen molar-refractivity contribution in [2.24, 2.45) is 4.99 Å². The number of rotatable bonds is 2. The lowest BCUT2D eigenvalue weighted by Gasteiger charge is -1.98. The van der Waals surface area contributed by atoms with Crippen LogP contribution in [0, 0.1) is 0 Å². The Labute approximate surface area is 125 Å². The third-order valence-corrected chi connectivity index (χ3v) is 3.39. The first-order valence-electron chi connectivity index (χ1n) is 6.15. The topological polar surface area (TPSA) is 41.5 Å². The number of hydrogen-bond donors (Lipinski definition) is 1. The van der Waals surface area contributed by atoms with E-state index >= 15 is 0 Å². The molecule has 2 aromatic carbocycles. The van der Waals surface area contributed by atoms with E-state index in [1.807, 2.05) is 54.6 Å². The van der Waals surface area contributed by atoms with Gasteiger partial charge in [0, 0.05) is 10.0 Å². The van der Waals surface area contributed by atoms with Crippen molar-refractivity contribution in [2.45, 2.75) is 0 Å². The van der Waals surface area contributed by atoms with Crippen LogP contribution in [0.15, 0.2) is 69.8 Å². The maximum absolute atomic E-state index is 11.9. The summed E-state index contributed by atoms with van der Waals surface area (Å²) >= 11 is 3.41. The van der Waals surface area contributed by atoms with Gasteiger partial charge >= 0.3 is 0 Å². The van der Waals surface area contributed by atoms with Gasteiger partial charge in [-0.05, 0) is 23.8 Å². The molecule has 3 rings (SSSR count). The van der Waals surface area contributed by atoms with Crippen LogP contribution in [-0.4, -0.2) is 11.7 Å². The first kappa shape index (κ1) is 12.8. The molecule has 0 radical (unpaired) electrons. The maximum atomic E-state index is 11.9. The molecule has 98 valence electrons. The normalized spacial score (nSPS) is 16.1. The van der Waals surface area contributed by atoms with Crippen molar-refractivity contribution in [3.05, 3.63) is 75.9 Å². The number of nitrogens with zero attached hydrogens (tertiary/aromatic N) is 1. The van der Waals surface area contributed by atoms with Crippen LogP contribution in [0.5, 0.6) is 0 Å². The highest BCUT2D eigenvalue weighted by molar-refractivity contribution is 9.10. The molecular weight excluding hydrogens is 316 g/mol. The Hall–Kier alpha value is -2.20. The highest BCUT2D eigenvalue weighted by atomic mass is 79.9. The molecule has 0 saturated heterocycles. The van der Waals surface area contributed by atoms with Crippen molar-refractivity contribution >= 4 is 33.7 Å². The molecule has 1 amide bonds. The molecule has 3 nitrogen and oxygen atoms in total. The van der Waals surface area contributed by atoms with Crippen molar-refractivity contribution in [3.63, 3.8) is 0 Å². The molecule has 0 fully saturated rings. The first-order chi connectivity index (χ1) is 9.72. The zero-order valence-corrected chi connectivity index (χ0v) is 12.1. The smallest absolute Gasteiger partial charge is 0.275 e. The number of benzene rings is 2. The molecule has 20 heavy (non-hydrogen) atoms. The van der Waals surface area contributed by atoms with Gasteiger partial charge in [0.2, 0.25) is 0 Å². The molecule has 1 aliphatic rings. The van der Waals surface area contributed by atoms with Gasteiger partial charge in [-0.2, -0.15) is 0 Å². The molecule has 1 heterocycles. The summed E-state index contributed by atoms with van der Waals surface area (Å²) in [5, 5.41) is 2.79. The Morgan fingerprint density at radius 2 is 1.85 bits per heavy atom. The average Bonchev–Trinajstić information content (AvgIpc) is 2.81. The summed E-state index contributed by atoms with van der Waals surface area (Å²) in [6.07, 6.45) is 1.77. The first-order valence-corrected chi connectivity index (χ1v) is 6.94. The molecule has 0 aliphatic carbocycles. The Morgan fingerprint density at radius 3 is 2.60 bits per heavy atom. The van der Waals surface area contributed by atoms with Gasteiger partial charge in [0.15, 0.2) is 0 Å². The molecule has 1 N–H and O–H groups in total. The predicted molar refractivity (Wildman–Crippen MR) is 83.2 cm³/mol. The molecule has 0 atom stereocenters. The summed E-state index contributed by atoms with van der Waals surface area (Å²) in [6.45, 7) is 0. The lowest BCUT2D eigenvalue weighted by Crippen LogP contribution is -2.24. The number of carbonyl (C=O) groups is 1. The lowest BCUT2D eigenvalue weighted by molar-refractivity contribution is -0.115. The highest BCUT2D eigenvalue weighted by Gasteiger charge is 2.20. The van der Waals surface area contributed by atoms with Gasteiger partial charge in [-0.25, -0.2) is 4.99 Å². The van der Waals surface area contributed by atoms with Gasteiger partial charge in [-0.1, -0.05) is 58.4 Å². The van der Waals surface area contributed by atoms with E-state index in [9.17, 15) is 4.79 Å². The Morgan fingerprint density at radius 1 is 1.05 bits per heavy atom. The second-order valence-corrected chi connectivity index (χ2v) is 5.28. The van der Waals surface area contributed by atoms with Crippen LogP contribution in [-0.2, 0) is 4.79 Å². The Bertz CT molecular complexity index is 720. The van der Waals surface area contributed by atoms with E-state index in [-0.39, 0.29) is 5.91 Å². The quantitative estimate of drug-likeness (QED) is 0.844. The Kier molecular flexibility index (Phi) is 3.48. The van der Waals surface area contributed by atoms with E-state index in [2.05, 4.69) is 26.2 Å². The maximum Gasteiger partial charge on any atom is 0.275 e. The number of aliphatic imine (C=N–C) groups is 1. The summed E-state index contributed by atoms with van der Waals surface area (Å²) in [5.41, 5.74) is 2.25. The van der Waals surface area contributed by atoms with Crippen LogP contribution >= 0.6 is 15.9 Å². The van der Waals surface area contributed by atoms with Crippen LogP contribution in [0.2, 0.25) is 0 Å². The SMILES string of the molecule is O=C1NC(c2ccccc2)=N/C1=C/c1cccc(Br)c1. The number of amidine groups is 1. The van der Waals surface area contributed by atoms with Gasteiger partial charge in [0.05, 0.1) is 0 Å². The molecule has 2 aromatic rings. The standard InChI is InChI=1S/C16H11BrN2O/c17-13-8-4-5-11(9-13)10-14-16(20)19-15(18-14)12-6-2-1-3-7-12/h1-10H,(H,18,19,20)/b14-10+. The van der Waals surface area contributed by atoms with E-state index in [1.165, 1.54) is 0 Å². The number of carbonyl (C=O) groups excluding carboxylic acids is 1. The second kappa shape index (κ2) is 5.43. The van der Waals surface area contributed by atoms with Crippen LogP contribution in [0.3, 0.4) is 0 Å². The molecule has 4 heteroatoms. The predicted octanol–water partition coefficient (Wildman–Crippen LogP) is 3.37. The van der Waals surface area contributed by atoms with Crippen molar-refractivity contribution in [2.75, 3.05) is 0 Å². The monoisotopic (exact) mass is 326 g/mol. The fourth-order valence-corrected chi connectivity index (χ4v) is 2.37. The van der Waals surface area contributed by atoms with Gasteiger partial charge < -0.3 is 5.32 Å². The van der Waals surface area contributed by atoms with E-state index < -0.39 is 0 Å². The zero-order valence-electron chi connectivity index (χ0n) is 10.5. The Balaban J connectivity index is 1.95. The summed E-state index contributed by atoms with van der Waals surface area (Å²) in [4.78, 5) is 16.3. The van der Waals surface area contributed by atoms with Crippen LogP contribution in [0.25, 0.3) is 6.08 Å². The van der Waals surface area contributed by atoms with Crippen LogP contribution in [0.4, 0.5) is 0 Å². The van der Waals surface area contributed by atoms with E-state index in [0.29, 0.717) is 11.5 Å². The second-order valence-electron chi connectivity index (χ2n) is 4.37. The van der Waals surface area contributed by atoms with Crippen molar-refractivity contribution < 1.29 is 4.79 Å². The lowest BCUT2D eigenvalue weighted by atomic mass is 10.2. The fourth-order valence-electron chi connectivity index (χ4n) is 1.96. The molecule has 1 aliphatic heterocycles. The highest BCUT2D eigenvalue weighted by Crippen LogP contribution is 2.17. The van der Waals surface area contributed by atoms with Crippen molar-refractivity contribution in [1.82, 2.24) is 5.32 Å². The molecule has 0 saturated carbocycles. The molecule has 0 aromatic heterocycles. The third kappa shape index (κ3) is 2.70. The minimum atomic E-state index is -0.177. The summed E-state index contributed by atoms with van der Waals surface area (Å²) in [6, 6.07) is 17.3. The number of hydrogen-bond acceptors (Lipinski definition) is 2. The van der Waals surface area contributed by atoms with E-state index in [1.54, 1.807) is 6.08 Å². The minimum Gasteiger partial charge on any atom is -0.305 e. The summed E-state index contributed by atoms with van der Waals surface area (Å²) < 4.78 is 0.970. The van der Waals surface area contributed by atoms with Crippen molar-refractivity contribution in [3.8, 4) is 0 Å². The summed E-state index contributed by atoms with van der Waals surface area (Å²) in [7, 11) is 0. The van der Waals surface area contributed by atoms with Gasteiger partial charge in [0.25, 0.3) is 5.91 Å².